The number of hydrogen-bond acceptors (Lipinski definition) is 7. The van der Waals surface area contributed by atoms with E-state index in [-0.39, 0.29) is 30.0 Å². The van der Waals surface area contributed by atoms with Crippen molar-refractivity contribution in [3.05, 3.63) is 12.5 Å². The SMILES string of the molecule is Cn1ncc2c(NCC(=O)N[C@@H]3CCS(=O)(=O)C3)ncnc21. The molecule has 9 nitrogen and oxygen atoms in total. The molecule has 1 fully saturated rings. The van der Waals surface area contributed by atoms with Crippen molar-refractivity contribution in [2.24, 2.45) is 7.05 Å². The molecule has 1 atom stereocenters. The normalized spacial score (nSPS) is 20.1. The maximum atomic E-state index is 11.9. The molecular weight excluding hydrogens is 308 g/mol. The molecule has 2 aromatic rings. The summed E-state index contributed by atoms with van der Waals surface area (Å²) in [5, 5.41) is 10.5. The molecule has 22 heavy (non-hydrogen) atoms. The zero-order valence-corrected chi connectivity index (χ0v) is 12.8. The maximum absolute atomic E-state index is 11.9. The molecule has 0 saturated carbocycles. The highest BCUT2D eigenvalue weighted by molar-refractivity contribution is 7.91. The van der Waals surface area contributed by atoms with Crippen molar-refractivity contribution < 1.29 is 13.2 Å². The zero-order valence-electron chi connectivity index (χ0n) is 12.0. The highest BCUT2D eigenvalue weighted by Crippen LogP contribution is 2.17. The van der Waals surface area contributed by atoms with Crippen LogP contribution in [-0.4, -0.2) is 58.2 Å². The van der Waals surface area contributed by atoms with Gasteiger partial charge in [0.15, 0.2) is 15.5 Å². The van der Waals surface area contributed by atoms with Crippen LogP contribution in [-0.2, 0) is 21.7 Å². The summed E-state index contributed by atoms with van der Waals surface area (Å²) in [4.78, 5) is 20.1. The molecule has 0 aliphatic carbocycles. The molecule has 1 saturated heterocycles. The van der Waals surface area contributed by atoms with E-state index in [1.165, 1.54) is 6.33 Å². The van der Waals surface area contributed by atoms with E-state index in [1.54, 1.807) is 17.9 Å². The molecule has 1 amide bonds. The molecule has 2 aromatic heterocycles. The topological polar surface area (TPSA) is 119 Å². The van der Waals surface area contributed by atoms with Crippen molar-refractivity contribution in [3.8, 4) is 0 Å². The predicted molar refractivity (Wildman–Crippen MR) is 80.0 cm³/mol. The molecule has 3 heterocycles. The Morgan fingerprint density at radius 3 is 3.00 bits per heavy atom. The van der Waals surface area contributed by atoms with Gasteiger partial charge >= 0.3 is 0 Å². The third-order valence-corrected chi connectivity index (χ3v) is 5.31. The monoisotopic (exact) mass is 324 g/mol. The van der Waals surface area contributed by atoms with E-state index in [0.717, 1.165) is 5.39 Å². The van der Waals surface area contributed by atoms with Crippen molar-refractivity contribution in [2.75, 3.05) is 23.4 Å². The first-order valence-electron chi connectivity index (χ1n) is 6.81. The Kier molecular flexibility index (Phi) is 3.69. The molecule has 0 radical (unpaired) electrons. The van der Waals surface area contributed by atoms with Gasteiger partial charge in [-0.3, -0.25) is 9.48 Å². The van der Waals surface area contributed by atoms with Crippen LogP contribution in [0.1, 0.15) is 6.42 Å². The van der Waals surface area contributed by atoms with Crippen molar-refractivity contribution in [1.82, 2.24) is 25.1 Å². The second kappa shape index (κ2) is 5.52. The standard InChI is InChI=1S/C12H16N6O3S/c1-18-12-9(4-16-18)11(14-7-15-12)13-5-10(19)17-8-2-3-22(20,21)6-8/h4,7-8H,2-3,5-6H2,1H3,(H,17,19)(H,13,14,15)/t8-/m1/s1. The summed E-state index contributed by atoms with van der Waals surface area (Å²) in [6.45, 7) is 0.0115. The van der Waals surface area contributed by atoms with Gasteiger partial charge in [0.05, 0.1) is 29.6 Å². The quantitative estimate of drug-likeness (QED) is 0.746. The van der Waals surface area contributed by atoms with Gasteiger partial charge in [-0.25, -0.2) is 18.4 Å². The van der Waals surface area contributed by atoms with Gasteiger partial charge in [-0.15, -0.1) is 0 Å². The van der Waals surface area contributed by atoms with Crippen molar-refractivity contribution >= 4 is 32.6 Å². The average molecular weight is 324 g/mol. The fraction of sp³-hybridized carbons (Fsp3) is 0.500. The molecule has 0 spiro atoms. The Labute approximate surface area is 127 Å². The number of anilines is 1. The lowest BCUT2D eigenvalue weighted by Gasteiger charge is -2.11. The number of fused-ring (bicyclic) bond motifs is 1. The van der Waals surface area contributed by atoms with Gasteiger partial charge in [0.1, 0.15) is 12.1 Å². The highest BCUT2D eigenvalue weighted by Gasteiger charge is 2.28. The van der Waals surface area contributed by atoms with Crippen LogP contribution in [0.15, 0.2) is 12.5 Å². The summed E-state index contributed by atoms with van der Waals surface area (Å²) in [5.74, 6) is 0.400. The number of nitrogens with zero attached hydrogens (tertiary/aromatic N) is 4. The van der Waals surface area contributed by atoms with Crippen LogP contribution >= 0.6 is 0 Å². The summed E-state index contributed by atoms with van der Waals surface area (Å²) >= 11 is 0. The van der Waals surface area contributed by atoms with E-state index < -0.39 is 9.84 Å². The summed E-state index contributed by atoms with van der Waals surface area (Å²) in [6.07, 6.45) is 3.49. The third kappa shape index (κ3) is 3.01. The van der Waals surface area contributed by atoms with Crippen LogP contribution in [0.3, 0.4) is 0 Å². The van der Waals surface area contributed by atoms with Gasteiger partial charge in [0, 0.05) is 13.1 Å². The van der Waals surface area contributed by atoms with E-state index in [2.05, 4.69) is 25.7 Å². The van der Waals surface area contributed by atoms with Crippen LogP contribution < -0.4 is 10.6 Å². The number of aryl methyl sites for hydroxylation is 1. The van der Waals surface area contributed by atoms with E-state index in [9.17, 15) is 13.2 Å². The maximum Gasteiger partial charge on any atom is 0.239 e. The third-order valence-electron chi connectivity index (χ3n) is 3.54. The smallest absolute Gasteiger partial charge is 0.239 e. The summed E-state index contributed by atoms with van der Waals surface area (Å²) in [7, 11) is -1.23. The lowest BCUT2D eigenvalue weighted by Crippen LogP contribution is -2.39. The number of nitrogens with one attached hydrogen (secondary N) is 2. The van der Waals surface area contributed by atoms with Crippen molar-refractivity contribution in [3.63, 3.8) is 0 Å². The lowest BCUT2D eigenvalue weighted by atomic mass is 10.2. The number of carbonyl (C=O) groups excluding carboxylic acids is 1. The van der Waals surface area contributed by atoms with Crippen LogP contribution in [0.5, 0.6) is 0 Å². The Morgan fingerprint density at radius 1 is 1.45 bits per heavy atom. The summed E-state index contributed by atoms with van der Waals surface area (Å²) in [6, 6.07) is -0.303. The molecule has 0 unspecified atom stereocenters. The molecule has 1 aliphatic heterocycles. The number of aromatic nitrogens is 4. The van der Waals surface area contributed by atoms with Crippen LogP contribution in [0.25, 0.3) is 11.0 Å². The number of carbonyl (C=O) groups is 1. The van der Waals surface area contributed by atoms with E-state index in [0.29, 0.717) is 17.9 Å². The van der Waals surface area contributed by atoms with E-state index >= 15 is 0 Å². The molecule has 10 heteroatoms. The highest BCUT2D eigenvalue weighted by atomic mass is 32.2. The number of amides is 1. The van der Waals surface area contributed by atoms with Gasteiger partial charge < -0.3 is 10.6 Å². The van der Waals surface area contributed by atoms with Crippen LogP contribution in [0.4, 0.5) is 5.82 Å². The average Bonchev–Trinajstić information content (AvgIpc) is 3.00. The zero-order chi connectivity index (χ0) is 15.7. The van der Waals surface area contributed by atoms with Gasteiger partial charge in [-0.1, -0.05) is 0 Å². The van der Waals surface area contributed by atoms with Crippen molar-refractivity contribution in [2.45, 2.75) is 12.5 Å². The van der Waals surface area contributed by atoms with Gasteiger partial charge in [0.2, 0.25) is 5.91 Å². The second-order valence-corrected chi connectivity index (χ2v) is 7.48. The van der Waals surface area contributed by atoms with E-state index in [1.807, 2.05) is 0 Å². The van der Waals surface area contributed by atoms with Crippen LogP contribution in [0.2, 0.25) is 0 Å². The van der Waals surface area contributed by atoms with Gasteiger partial charge in [0.25, 0.3) is 0 Å². The first-order valence-corrected chi connectivity index (χ1v) is 8.63. The molecule has 0 aromatic carbocycles. The Morgan fingerprint density at radius 2 is 2.27 bits per heavy atom. The first-order chi connectivity index (χ1) is 10.4. The Balaban J connectivity index is 1.61. The van der Waals surface area contributed by atoms with Gasteiger partial charge in [-0.05, 0) is 6.42 Å². The van der Waals surface area contributed by atoms with E-state index in [4.69, 9.17) is 0 Å². The summed E-state index contributed by atoms with van der Waals surface area (Å²) in [5.41, 5.74) is 0.666. The Hall–Kier alpha value is -2.23. The molecule has 0 bridgehead atoms. The first kappa shape index (κ1) is 14.7. The second-order valence-electron chi connectivity index (χ2n) is 5.25. The molecule has 2 N–H and O–H groups in total. The number of hydrogen-bond donors (Lipinski definition) is 2. The Bertz CT molecular complexity index is 815. The number of sulfone groups is 1. The fourth-order valence-corrected chi connectivity index (χ4v) is 4.13. The molecule has 1 aliphatic rings. The summed E-state index contributed by atoms with van der Waals surface area (Å²) < 4.78 is 24.3. The largest absolute Gasteiger partial charge is 0.360 e. The fourth-order valence-electron chi connectivity index (χ4n) is 2.45. The minimum absolute atomic E-state index is 0.0115. The lowest BCUT2D eigenvalue weighted by molar-refractivity contribution is -0.119. The van der Waals surface area contributed by atoms with Crippen LogP contribution in [0, 0.1) is 0 Å². The minimum Gasteiger partial charge on any atom is -0.360 e. The molecule has 118 valence electrons. The molecule has 3 rings (SSSR count). The molecular formula is C12H16N6O3S. The predicted octanol–water partition coefficient (Wildman–Crippen LogP) is -0.921. The minimum atomic E-state index is -3.00. The van der Waals surface area contributed by atoms with Gasteiger partial charge in [-0.2, -0.15) is 5.10 Å². The number of rotatable bonds is 4. The van der Waals surface area contributed by atoms with Crippen molar-refractivity contribution in [1.29, 1.82) is 0 Å².